The van der Waals surface area contributed by atoms with Gasteiger partial charge in [0.2, 0.25) is 11.4 Å². The predicted octanol–water partition coefficient (Wildman–Crippen LogP) is 0.374. The molecule has 0 saturated heterocycles. The second kappa shape index (κ2) is 5.00. The number of nitrogen functional groups attached to an aromatic ring is 1. The van der Waals surface area contributed by atoms with Crippen LogP contribution in [-0.4, -0.2) is 5.09 Å². The van der Waals surface area contributed by atoms with E-state index in [4.69, 9.17) is 21.2 Å². The van der Waals surface area contributed by atoms with Gasteiger partial charge in [-0.05, 0) is 12.5 Å². The Morgan fingerprint density at radius 2 is 1.50 bits per heavy atom. The number of aromatic nitrogens is 1. The van der Waals surface area contributed by atoms with Gasteiger partial charge in [0.1, 0.15) is 0 Å². The van der Waals surface area contributed by atoms with E-state index >= 15 is 0 Å². The van der Waals surface area contributed by atoms with E-state index in [1.165, 1.54) is 5.56 Å². The van der Waals surface area contributed by atoms with Crippen LogP contribution in [-0.2, 0) is 0 Å². The molecular weight excluding hydrogens is 186 g/mol. The van der Waals surface area contributed by atoms with Crippen LogP contribution in [0.2, 0.25) is 0 Å². The number of nitrogens with two attached hydrogens (primary N) is 1. The molecule has 0 aliphatic heterocycles. The highest BCUT2D eigenvalue weighted by molar-refractivity contribution is 5.13. The lowest BCUT2D eigenvalue weighted by Crippen LogP contribution is -2.49. The monoisotopic (exact) mass is 199 g/mol. The summed E-state index contributed by atoms with van der Waals surface area (Å²) in [6, 6.07) is 4.12. The fourth-order valence-corrected chi connectivity index (χ4v) is 1.12. The molecule has 14 heavy (non-hydrogen) atoms. The molecule has 1 aromatic heterocycles. The molecule has 0 aromatic carbocycles. The molecule has 6 nitrogen and oxygen atoms in total. The SMILES string of the molecule is Cc1cc(C)[n+](N)c(C)c1.O=[N+]([O-])[O-]. The van der Waals surface area contributed by atoms with Crippen molar-refractivity contribution in [3.05, 3.63) is 44.4 Å². The van der Waals surface area contributed by atoms with Gasteiger partial charge in [-0.3, -0.25) is 0 Å². The van der Waals surface area contributed by atoms with Gasteiger partial charge in [0, 0.05) is 26.0 Å². The summed E-state index contributed by atoms with van der Waals surface area (Å²) in [4.78, 5) is 8.25. The lowest BCUT2D eigenvalue weighted by molar-refractivity contribution is -0.651. The number of hydrogen-bond donors (Lipinski definition) is 1. The Morgan fingerprint density at radius 3 is 1.79 bits per heavy atom. The van der Waals surface area contributed by atoms with Crippen LogP contribution in [0.15, 0.2) is 12.1 Å². The molecule has 0 fully saturated rings. The van der Waals surface area contributed by atoms with E-state index in [-0.39, 0.29) is 0 Å². The summed E-state index contributed by atoms with van der Waals surface area (Å²) in [6.45, 7) is 6.07. The molecular formula is C8H13N3O3. The molecule has 0 unspecified atom stereocenters. The maximum Gasteiger partial charge on any atom is 0.208 e. The van der Waals surface area contributed by atoms with Crippen LogP contribution in [0, 0.1) is 36.1 Å². The highest BCUT2D eigenvalue weighted by Crippen LogP contribution is 1.98. The van der Waals surface area contributed by atoms with Crippen LogP contribution >= 0.6 is 0 Å². The Balaban J connectivity index is 0.000000364. The molecule has 2 N–H and O–H groups in total. The van der Waals surface area contributed by atoms with Crippen LogP contribution < -0.4 is 10.5 Å². The first-order chi connectivity index (χ1) is 6.34. The van der Waals surface area contributed by atoms with Gasteiger partial charge in [-0.1, -0.05) is 4.68 Å². The Hall–Kier alpha value is -1.85. The number of rotatable bonds is 0. The van der Waals surface area contributed by atoms with Crippen molar-refractivity contribution in [1.29, 1.82) is 0 Å². The summed E-state index contributed by atoms with van der Waals surface area (Å²) in [5.41, 5.74) is 3.45. The second-order valence-corrected chi connectivity index (χ2v) is 2.91. The third-order valence-electron chi connectivity index (χ3n) is 1.63. The largest absolute Gasteiger partial charge is 0.356 e. The van der Waals surface area contributed by atoms with Gasteiger partial charge < -0.3 is 15.3 Å². The average Bonchev–Trinajstić information content (AvgIpc) is 1.98. The van der Waals surface area contributed by atoms with Crippen LogP contribution in [0.3, 0.4) is 0 Å². The van der Waals surface area contributed by atoms with E-state index in [1.54, 1.807) is 4.68 Å². The maximum absolute atomic E-state index is 8.25. The Labute approximate surface area is 81.7 Å². The third kappa shape index (κ3) is 4.24. The Morgan fingerprint density at radius 1 is 1.21 bits per heavy atom. The number of aryl methyl sites for hydroxylation is 3. The van der Waals surface area contributed by atoms with E-state index in [9.17, 15) is 0 Å². The zero-order chi connectivity index (χ0) is 11.3. The number of hydrogen-bond acceptors (Lipinski definition) is 4. The second-order valence-electron chi connectivity index (χ2n) is 2.91. The summed E-state index contributed by atoms with van der Waals surface area (Å²) in [5.74, 6) is 5.67. The molecule has 0 aliphatic carbocycles. The Bertz CT molecular complexity index is 312. The molecule has 6 heteroatoms. The van der Waals surface area contributed by atoms with Gasteiger partial charge in [-0.25, -0.2) is 5.84 Å². The van der Waals surface area contributed by atoms with Crippen molar-refractivity contribution >= 4 is 0 Å². The first-order valence-corrected chi connectivity index (χ1v) is 3.91. The minimum atomic E-state index is -1.75. The standard InChI is InChI=1S/C8H13N2.NO3/c1-6-4-7(2)10(9)8(3)5-6;2-1(3)4/h4-5H,9H2,1-3H3;/q+1;-1. The van der Waals surface area contributed by atoms with Crippen molar-refractivity contribution in [3.63, 3.8) is 0 Å². The van der Waals surface area contributed by atoms with E-state index < -0.39 is 5.09 Å². The minimum Gasteiger partial charge on any atom is -0.356 e. The zero-order valence-corrected chi connectivity index (χ0v) is 8.35. The molecule has 0 radical (unpaired) electrons. The van der Waals surface area contributed by atoms with Gasteiger partial charge in [0.25, 0.3) is 0 Å². The summed E-state index contributed by atoms with van der Waals surface area (Å²) < 4.78 is 1.69. The molecule has 0 saturated carbocycles. The first-order valence-electron chi connectivity index (χ1n) is 3.91. The summed E-state index contributed by atoms with van der Waals surface area (Å²) in [7, 11) is 0. The predicted molar refractivity (Wildman–Crippen MR) is 51.4 cm³/mol. The van der Waals surface area contributed by atoms with Crippen molar-refractivity contribution in [2.24, 2.45) is 0 Å². The van der Waals surface area contributed by atoms with E-state index in [2.05, 4.69) is 19.1 Å². The molecule has 0 atom stereocenters. The number of pyridine rings is 1. The zero-order valence-electron chi connectivity index (χ0n) is 8.35. The molecule has 1 aromatic rings. The van der Waals surface area contributed by atoms with Crippen molar-refractivity contribution in [2.45, 2.75) is 20.8 Å². The fourth-order valence-electron chi connectivity index (χ4n) is 1.12. The molecule has 0 aliphatic rings. The van der Waals surface area contributed by atoms with E-state index in [1.807, 2.05) is 13.8 Å². The van der Waals surface area contributed by atoms with Crippen LogP contribution in [0.4, 0.5) is 0 Å². The maximum atomic E-state index is 8.25. The lowest BCUT2D eigenvalue weighted by Gasteiger charge is -1.96. The first kappa shape index (κ1) is 12.2. The normalized spacial score (nSPS) is 8.79. The van der Waals surface area contributed by atoms with Crippen molar-refractivity contribution in [2.75, 3.05) is 5.84 Å². The quantitative estimate of drug-likeness (QED) is 0.282. The lowest BCUT2D eigenvalue weighted by atomic mass is 10.2. The van der Waals surface area contributed by atoms with Gasteiger partial charge in [-0.2, -0.15) is 0 Å². The van der Waals surface area contributed by atoms with Crippen LogP contribution in [0.1, 0.15) is 17.0 Å². The van der Waals surface area contributed by atoms with Gasteiger partial charge in [0.15, 0.2) is 0 Å². The molecule has 1 rings (SSSR count). The smallest absolute Gasteiger partial charge is 0.208 e. The Kier molecular flexibility index (Phi) is 4.34. The fraction of sp³-hybridized carbons (Fsp3) is 0.375. The van der Waals surface area contributed by atoms with E-state index in [0.717, 1.165) is 11.4 Å². The number of nitrogens with zero attached hydrogens (tertiary/aromatic N) is 2. The van der Waals surface area contributed by atoms with Crippen molar-refractivity contribution in [3.8, 4) is 0 Å². The molecule has 78 valence electrons. The third-order valence-corrected chi connectivity index (χ3v) is 1.63. The van der Waals surface area contributed by atoms with Crippen molar-refractivity contribution in [1.82, 2.24) is 0 Å². The topological polar surface area (TPSA) is 96.1 Å². The van der Waals surface area contributed by atoms with Gasteiger partial charge in [0.05, 0.1) is 5.09 Å². The van der Waals surface area contributed by atoms with Crippen molar-refractivity contribution < 1.29 is 9.76 Å². The van der Waals surface area contributed by atoms with Crippen LogP contribution in [0.25, 0.3) is 0 Å². The summed E-state index contributed by atoms with van der Waals surface area (Å²) in [6.07, 6.45) is 0. The molecule has 0 bridgehead atoms. The van der Waals surface area contributed by atoms with Gasteiger partial charge in [-0.15, -0.1) is 0 Å². The van der Waals surface area contributed by atoms with E-state index in [0.29, 0.717) is 0 Å². The molecule has 1 heterocycles. The average molecular weight is 199 g/mol. The summed E-state index contributed by atoms with van der Waals surface area (Å²) >= 11 is 0. The minimum absolute atomic E-state index is 1.09. The molecule has 0 spiro atoms. The highest BCUT2D eigenvalue weighted by Gasteiger charge is 2.05. The summed E-state index contributed by atoms with van der Waals surface area (Å²) in [5, 5.41) is 14.8. The highest BCUT2D eigenvalue weighted by atomic mass is 16.9. The van der Waals surface area contributed by atoms with Gasteiger partial charge >= 0.3 is 0 Å². The molecule has 0 amide bonds. The van der Waals surface area contributed by atoms with Crippen LogP contribution in [0.5, 0.6) is 0 Å².